The van der Waals surface area contributed by atoms with Crippen LogP contribution in [0, 0.1) is 6.92 Å². The maximum Gasteiger partial charge on any atom is 0.317 e. The SMILES string of the molecule is COc1ccc(C2CCCN2C(=O)NCCc2coc(-c3ccc(C)cc3)n2)c(OC)c1. The molecule has 1 unspecified atom stereocenters. The zero-order valence-electron chi connectivity index (χ0n) is 18.8. The van der Waals surface area contributed by atoms with E-state index in [2.05, 4.69) is 10.3 Å². The molecule has 1 saturated heterocycles. The zero-order chi connectivity index (χ0) is 22.5. The van der Waals surface area contributed by atoms with Gasteiger partial charge in [-0.25, -0.2) is 9.78 Å². The number of oxazole rings is 1. The third-order valence-corrected chi connectivity index (χ3v) is 5.82. The molecule has 2 amide bonds. The molecule has 0 spiro atoms. The van der Waals surface area contributed by atoms with Gasteiger partial charge < -0.3 is 24.1 Å². The minimum atomic E-state index is -0.0763. The van der Waals surface area contributed by atoms with Crippen LogP contribution in [-0.4, -0.2) is 43.2 Å². The topological polar surface area (TPSA) is 76.8 Å². The van der Waals surface area contributed by atoms with E-state index < -0.39 is 0 Å². The Bertz CT molecular complexity index is 1060. The number of hydrogen-bond donors (Lipinski definition) is 1. The Morgan fingerprint density at radius 2 is 2.00 bits per heavy atom. The molecule has 1 fully saturated rings. The molecule has 1 aliphatic heterocycles. The summed E-state index contributed by atoms with van der Waals surface area (Å²) < 4.78 is 16.5. The largest absolute Gasteiger partial charge is 0.497 e. The average Bonchev–Trinajstić information content (AvgIpc) is 3.49. The first-order valence-corrected chi connectivity index (χ1v) is 10.9. The standard InChI is InChI=1S/C25H29N3O4/c1-17-6-8-18(9-7-17)24-27-19(16-32-24)12-13-26-25(29)28-14-4-5-22(28)21-11-10-20(30-2)15-23(21)31-3/h6-11,15-16,22H,4-5,12-14H2,1-3H3,(H,26,29). The number of urea groups is 1. The molecule has 32 heavy (non-hydrogen) atoms. The molecule has 1 atom stereocenters. The molecular formula is C25H29N3O4. The number of carbonyl (C=O) groups is 1. The second kappa shape index (κ2) is 9.77. The van der Waals surface area contributed by atoms with Crippen LogP contribution in [0.4, 0.5) is 4.79 Å². The first-order chi connectivity index (χ1) is 15.6. The summed E-state index contributed by atoms with van der Waals surface area (Å²) in [6.07, 6.45) is 4.11. The van der Waals surface area contributed by atoms with E-state index in [0.29, 0.717) is 25.4 Å². The fraction of sp³-hybridized carbons (Fsp3) is 0.360. The summed E-state index contributed by atoms with van der Waals surface area (Å²) in [7, 11) is 3.27. The van der Waals surface area contributed by atoms with E-state index in [-0.39, 0.29) is 12.1 Å². The fourth-order valence-corrected chi connectivity index (χ4v) is 4.08. The minimum absolute atomic E-state index is 0.0175. The molecule has 0 aliphatic carbocycles. The number of amides is 2. The number of benzene rings is 2. The number of aromatic nitrogens is 1. The van der Waals surface area contributed by atoms with E-state index in [9.17, 15) is 4.79 Å². The molecule has 1 aliphatic rings. The van der Waals surface area contributed by atoms with Gasteiger partial charge in [-0.2, -0.15) is 0 Å². The van der Waals surface area contributed by atoms with Crippen LogP contribution in [0.2, 0.25) is 0 Å². The highest BCUT2D eigenvalue weighted by Gasteiger charge is 2.32. The molecule has 7 nitrogen and oxygen atoms in total. The smallest absolute Gasteiger partial charge is 0.317 e. The van der Waals surface area contributed by atoms with Crippen molar-refractivity contribution in [2.24, 2.45) is 0 Å². The van der Waals surface area contributed by atoms with Crippen molar-refractivity contribution in [2.75, 3.05) is 27.3 Å². The maximum atomic E-state index is 12.9. The first kappa shape index (κ1) is 21.7. The second-order valence-corrected chi connectivity index (χ2v) is 7.95. The summed E-state index contributed by atoms with van der Waals surface area (Å²) in [5.74, 6) is 2.06. The number of methoxy groups -OCH3 is 2. The minimum Gasteiger partial charge on any atom is -0.497 e. The molecule has 168 valence electrons. The third-order valence-electron chi connectivity index (χ3n) is 5.82. The lowest BCUT2D eigenvalue weighted by Gasteiger charge is -2.26. The zero-order valence-corrected chi connectivity index (χ0v) is 18.8. The van der Waals surface area contributed by atoms with Gasteiger partial charge in [-0.05, 0) is 44.0 Å². The molecule has 0 saturated carbocycles. The molecule has 3 aromatic rings. The second-order valence-electron chi connectivity index (χ2n) is 7.95. The van der Waals surface area contributed by atoms with Gasteiger partial charge in [-0.15, -0.1) is 0 Å². The Labute approximate surface area is 188 Å². The summed E-state index contributed by atoms with van der Waals surface area (Å²) in [4.78, 5) is 19.3. The van der Waals surface area contributed by atoms with Crippen molar-refractivity contribution in [1.82, 2.24) is 15.2 Å². The lowest BCUT2D eigenvalue weighted by molar-refractivity contribution is 0.192. The van der Waals surface area contributed by atoms with Crippen molar-refractivity contribution in [3.8, 4) is 23.0 Å². The maximum absolute atomic E-state index is 12.9. The van der Waals surface area contributed by atoms with E-state index >= 15 is 0 Å². The number of nitrogens with one attached hydrogen (secondary N) is 1. The molecule has 2 heterocycles. The molecular weight excluding hydrogens is 406 g/mol. The van der Waals surface area contributed by atoms with E-state index in [0.717, 1.165) is 41.2 Å². The number of ether oxygens (including phenoxy) is 2. The highest BCUT2D eigenvalue weighted by Crippen LogP contribution is 2.38. The average molecular weight is 436 g/mol. The van der Waals surface area contributed by atoms with Gasteiger partial charge in [-0.3, -0.25) is 0 Å². The van der Waals surface area contributed by atoms with E-state index in [1.807, 2.05) is 54.3 Å². The van der Waals surface area contributed by atoms with Gasteiger partial charge >= 0.3 is 6.03 Å². The van der Waals surface area contributed by atoms with Crippen LogP contribution >= 0.6 is 0 Å². The number of likely N-dealkylation sites (tertiary alicyclic amines) is 1. The van der Waals surface area contributed by atoms with Crippen LogP contribution in [0.3, 0.4) is 0 Å². The monoisotopic (exact) mass is 435 g/mol. The molecule has 0 bridgehead atoms. The van der Waals surface area contributed by atoms with E-state index in [4.69, 9.17) is 13.9 Å². The van der Waals surface area contributed by atoms with E-state index in [1.165, 1.54) is 5.56 Å². The fourth-order valence-electron chi connectivity index (χ4n) is 4.08. The van der Waals surface area contributed by atoms with Gasteiger partial charge in [0.1, 0.15) is 17.8 Å². The van der Waals surface area contributed by atoms with Gasteiger partial charge in [-0.1, -0.05) is 17.7 Å². The number of hydrogen-bond acceptors (Lipinski definition) is 5. The van der Waals surface area contributed by atoms with Gasteiger partial charge in [0.15, 0.2) is 0 Å². The summed E-state index contributed by atoms with van der Waals surface area (Å²) in [6.45, 7) is 3.25. The number of nitrogens with zero attached hydrogens (tertiary/aromatic N) is 2. The van der Waals surface area contributed by atoms with Gasteiger partial charge in [0.2, 0.25) is 5.89 Å². The summed E-state index contributed by atoms with van der Waals surface area (Å²) in [6, 6.07) is 13.7. The van der Waals surface area contributed by atoms with Crippen molar-refractivity contribution in [2.45, 2.75) is 32.2 Å². The Morgan fingerprint density at radius 1 is 1.19 bits per heavy atom. The first-order valence-electron chi connectivity index (χ1n) is 10.9. The van der Waals surface area contributed by atoms with Crippen LogP contribution in [0.15, 0.2) is 53.1 Å². The lowest BCUT2D eigenvalue weighted by Crippen LogP contribution is -2.40. The molecule has 1 aromatic heterocycles. The number of aryl methyl sites for hydroxylation is 1. The van der Waals surface area contributed by atoms with Crippen molar-refractivity contribution in [1.29, 1.82) is 0 Å². The van der Waals surface area contributed by atoms with Crippen LogP contribution < -0.4 is 14.8 Å². The Morgan fingerprint density at radius 3 is 2.75 bits per heavy atom. The Hall–Kier alpha value is -3.48. The van der Waals surface area contributed by atoms with Gasteiger partial charge in [0, 0.05) is 36.7 Å². The third kappa shape index (κ3) is 4.72. The highest BCUT2D eigenvalue weighted by atomic mass is 16.5. The number of carbonyl (C=O) groups excluding carboxylic acids is 1. The predicted octanol–water partition coefficient (Wildman–Crippen LogP) is 4.76. The van der Waals surface area contributed by atoms with Crippen LogP contribution in [-0.2, 0) is 6.42 Å². The molecule has 0 radical (unpaired) electrons. The number of rotatable bonds is 7. The van der Waals surface area contributed by atoms with Crippen LogP contribution in [0.25, 0.3) is 11.5 Å². The molecule has 7 heteroatoms. The summed E-state index contributed by atoms with van der Waals surface area (Å²) in [5, 5.41) is 3.03. The van der Waals surface area contributed by atoms with Crippen molar-refractivity contribution in [3.63, 3.8) is 0 Å². The summed E-state index contributed by atoms with van der Waals surface area (Å²) >= 11 is 0. The van der Waals surface area contributed by atoms with Gasteiger partial charge in [0.25, 0.3) is 0 Å². The van der Waals surface area contributed by atoms with E-state index in [1.54, 1.807) is 20.5 Å². The van der Waals surface area contributed by atoms with Crippen LogP contribution in [0.5, 0.6) is 11.5 Å². The Balaban J connectivity index is 1.35. The van der Waals surface area contributed by atoms with Crippen molar-refractivity contribution >= 4 is 6.03 Å². The van der Waals surface area contributed by atoms with Crippen molar-refractivity contribution in [3.05, 3.63) is 65.5 Å². The molecule has 1 N–H and O–H groups in total. The van der Waals surface area contributed by atoms with Crippen LogP contribution in [0.1, 0.15) is 35.7 Å². The normalized spacial score (nSPS) is 15.6. The molecule has 2 aromatic carbocycles. The van der Waals surface area contributed by atoms with Crippen molar-refractivity contribution < 1.29 is 18.7 Å². The highest BCUT2D eigenvalue weighted by molar-refractivity contribution is 5.75. The van der Waals surface area contributed by atoms with Gasteiger partial charge in [0.05, 0.1) is 26.0 Å². The quantitative estimate of drug-likeness (QED) is 0.579. The predicted molar refractivity (Wildman–Crippen MR) is 122 cm³/mol. The Kier molecular flexibility index (Phi) is 6.63. The lowest BCUT2D eigenvalue weighted by atomic mass is 10.0. The molecule has 4 rings (SSSR count). The summed E-state index contributed by atoms with van der Waals surface area (Å²) in [5.41, 5.74) is 3.95.